The minimum Gasteiger partial charge on any atom is -0.465 e. The molecule has 1 aliphatic carbocycles. The zero-order chi connectivity index (χ0) is 30.0. The fraction of sp³-hybridized carbons (Fsp3) is 0.655. The van der Waals surface area contributed by atoms with Crippen molar-refractivity contribution in [2.24, 2.45) is 5.41 Å². The number of anilines is 3. The number of carbonyl (C=O) groups excluding carboxylic acids is 3. The SMILES string of the molecule is C=CCNc1nc(NCC=C)nc(N2CCN(C(=O)OCC3CCCN3C(=O)C3(C(=O)OCC)CCCCC3)CC2)n1. The molecule has 13 nitrogen and oxygen atoms in total. The quantitative estimate of drug-likeness (QED) is 0.213. The molecule has 0 spiro atoms. The van der Waals surface area contributed by atoms with Gasteiger partial charge in [0, 0.05) is 45.8 Å². The highest BCUT2D eigenvalue weighted by atomic mass is 16.6. The van der Waals surface area contributed by atoms with Crippen LogP contribution >= 0.6 is 0 Å². The molecule has 1 aromatic heterocycles. The van der Waals surface area contributed by atoms with Crippen LogP contribution in [-0.4, -0.2) is 108 Å². The number of carbonyl (C=O) groups is 3. The summed E-state index contributed by atoms with van der Waals surface area (Å²) in [4.78, 5) is 58.6. The Labute approximate surface area is 247 Å². The van der Waals surface area contributed by atoms with E-state index < -0.39 is 17.5 Å². The fourth-order valence-corrected chi connectivity index (χ4v) is 5.82. The molecule has 230 valence electrons. The lowest BCUT2D eigenvalue weighted by atomic mass is 9.72. The monoisotopic (exact) mass is 584 g/mol. The van der Waals surface area contributed by atoms with Gasteiger partial charge < -0.3 is 34.8 Å². The van der Waals surface area contributed by atoms with Crippen LogP contribution in [0.3, 0.4) is 0 Å². The summed E-state index contributed by atoms with van der Waals surface area (Å²) >= 11 is 0. The first-order valence-corrected chi connectivity index (χ1v) is 15.0. The zero-order valence-corrected chi connectivity index (χ0v) is 24.7. The number of nitrogens with one attached hydrogen (secondary N) is 2. The third kappa shape index (κ3) is 7.29. The highest BCUT2D eigenvalue weighted by Crippen LogP contribution is 2.41. The molecule has 0 bridgehead atoms. The number of piperazine rings is 1. The Balaban J connectivity index is 1.32. The van der Waals surface area contributed by atoms with Crippen molar-refractivity contribution < 1.29 is 23.9 Å². The van der Waals surface area contributed by atoms with Crippen LogP contribution in [0.4, 0.5) is 22.6 Å². The molecule has 0 radical (unpaired) electrons. The van der Waals surface area contributed by atoms with E-state index in [-0.39, 0.29) is 25.2 Å². The van der Waals surface area contributed by atoms with Crippen LogP contribution in [0.15, 0.2) is 25.3 Å². The lowest BCUT2D eigenvalue weighted by Gasteiger charge is -2.38. The zero-order valence-electron chi connectivity index (χ0n) is 24.7. The summed E-state index contributed by atoms with van der Waals surface area (Å²) < 4.78 is 11.1. The molecule has 3 aliphatic rings. The lowest BCUT2D eigenvalue weighted by Crippen LogP contribution is -2.53. The van der Waals surface area contributed by atoms with E-state index in [1.54, 1.807) is 28.9 Å². The Morgan fingerprint density at radius 2 is 1.55 bits per heavy atom. The van der Waals surface area contributed by atoms with Gasteiger partial charge >= 0.3 is 12.1 Å². The standard InChI is InChI=1S/C29H44N8O5/c1-4-14-30-25-32-26(31-15-5-2)34-27(33-25)35-17-19-36(20-18-35)28(40)42-21-22-11-10-16-37(22)23(38)29(24(39)41-6-3)12-8-7-9-13-29/h4-5,22H,1-2,6-21H2,3H3,(H2,30,31,32,33,34). The Morgan fingerprint density at radius 3 is 2.14 bits per heavy atom. The number of likely N-dealkylation sites (tertiary alicyclic amines) is 1. The Hall–Kier alpha value is -3.90. The van der Waals surface area contributed by atoms with Crippen molar-refractivity contribution in [2.45, 2.75) is 57.9 Å². The van der Waals surface area contributed by atoms with E-state index >= 15 is 0 Å². The van der Waals surface area contributed by atoms with Gasteiger partial charge in [-0.2, -0.15) is 15.0 Å². The van der Waals surface area contributed by atoms with Crippen molar-refractivity contribution in [2.75, 3.05) is 74.6 Å². The maximum Gasteiger partial charge on any atom is 0.409 e. The first-order chi connectivity index (χ1) is 20.4. The molecule has 13 heteroatoms. The second-order valence-electron chi connectivity index (χ2n) is 10.8. The molecule has 2 saturated heterocycles. The van der Waals surface area contributed by atoms with Crippen molar-refractivity contribution in [3.05, 3.63) is 25.3 Å². The van der Waals surface area contributed by atoms with E-state index in [0.29, 0.717) is 76.5 Å². The van der Waals surface area contributed by atoms with Crippen LogP contribution in [0.2, 0.25) is 0 Å². The maximum absolute atomic E-state index is 13.8. The average molecular weight is 585 g/mol. The van der Waals surface area contributed by atoms with Crippen LogP contribution < -0.4 is 15.5 Å². The van der Waals surface area contributed by atoms with Gasteiger partial charge in [0.05, 0.1) is 12.6 Å². The molecule has 0 aromatic carbocycles. The van der Waals surface area contributed by atoms with Gasteiger partial charge in [0.15, 0.2) is 0 Å². The number of aromatic nitrogens is 3. The summed E-state index contributed by atoms with van der Waals surface area (Å²) in [6, 6.07) is -0.246. The molecule has 1 atom stereocenters. The summed E-state index contributed by atoms with van der Waals surface area (Å²) in [6.07, 6.45) is 8.26. The molecular formula is C29H44N8O5. The minimum atomic E-state index is -1.12. The second-order valence-corrected chi connectivity index (χ2v) is 10.8. The Morgan fingerprint density at radius 1 is 0.905 bits per heavy atom. The Bertz CT molecular complexity index is 1090. The number of esters is 1. The fourth-order valence-electron chi connectivity index (χ4n) is 5.82. The van der Waals surface area contributed by atoms with Gasteiger partial charge in [-0.25, -0.2) is 4.79 Å². The molecule has 3 fully saturated rings. The number of hydrogen-bond acceptors (Lipinski definition) is 11. The highest BCUT2D eigenvalue weighted by Gasteiger charge is 2.51. The lowest BCUT2D eigenvalue weighted by molar-refractivity contribution is -0.168. The van der Waals surface area contributed by atoms with Crippen molar-refractivity contribution in [1.82, 2.24) is 24.8 Å². The molecule has 2 aliphatic heterocycles. The molecular weight excluding hydrogens is 540 g/mol. The van der Waals surface area contributed by atoms with Gasteiger partial charge in [-0.3, -0.25) is 9.59 Å². The van der Waals surface area contributed by atoms with Crippen molar-refractivity contribution >= 4 is 35.8 Å². The van der Waals surface area contributed by atoms with Crippen molar-refractivity contribution in [1.29, 1.82) is 0 Å². The normalized spacial score (nSPS) is 20.0. The van der Waals surface area contributed by atoms with Crippen LogP contribution in [0, 0.1) is 5.41 Å². The summed E-state index contributed by atoms with van der Waals surface area (Å²) in [7, 11) is 0. The largest absolute Gasteiger partial charge is 0.465 e. The number of rotatable bonds is 12. The summed E-state index contributed by atoms with van der Waals surface area (Å²) in [6.45, 7) is 13.1. The predicted octanol–water partition coefficient (Wildman–Crippen LogP) is 2.83. The molecule has 1 aromatic rings. The smallest absolute Gasteiger partial charge is 0.409 e. The van der Waals surface area contributed by atoms with Gasteiger partial charge in [0.1, 0.15) is 12.0 Å². The molecule has 3 heterocycles. The highest BCUT2D eigenvalue weighted by molar-refractivity contribution is 6.03. The van der Waals surface area contributed by atoms with Crippen molar-refractivity contribution in [3.8, 4) is 0 Å². The van der Waals surface area contributed by atoms with Crippen LogP contribution in [0.1, 0.15) is 51.9 Å². The Kier molecular flexibility index (Phi) is 11.0. The van der Waals surface area contributed by atoms with E-state index in [2.05, 4.69) is 38.7 Å². The van der Waals surface area contributed by atoms with Crippen LogP contribution in [0.5, 0.6) is 0 Å². The maximum atomic E-state index is 13.8. The first-order valence-electron chi connectivity index (χ1n) is 15.0. The van der Waals surface area contributed by atoms with Gasteiger partial charge in [-0.05, 0) is 32.6 Å². The minimum absolute atomic E-state index is 0.105. The topological polar surface area (TPSA) is 142 Å². The molecule has 1 saturated carbocycles. The van der Waals surface area contributed by atoms with E-state index in [4.69, 9.17) is 9.47 Å². The van der Waals surface area contributed by atoms with Gasteiger partial charge in [-0.15, -0.1) is 13.2 Å². The number of nitrogens with zero attached hydrogens (tertiary/aromatic N) is 6. The van der Waals surface area contributed by atoms with E-state index in [0.717, 1.165) is 32.1 Å². The summed E-state index contributed by atoms with van der Waals surface area (Å²) in [5, 5.41) is 6.19. The van der Waals surface area contributed by atoms with Crippen molar-refractivity contribution in [3.63, 3.8) is 0 Å². The van der Waals surface area contributed by atoms with E-state index in [9.17, 15) is 14.4 Å². The molecule has 4 rings (SSSR count). The van der Waals surface area contributed by atoms with Crippen LogP contribution in [0.25, 0.3) is 0 Å². The second kappa shape index (κ2) is 14.8. The van der Waals surface area contributed by atoms with Gasteiger partial charge in [0.2, 0.25) is 23.8 Å². The molecule has 1 unspecified atom stereocenters. The van der Waals surface area contributed by atoms with Gasteiger partial charge in [-0.1, -0.05) is 31.4 Å². The first kappa shape index (κ1) is 31.0. The predicted molar refractivity (Wildman–Crippen MR) is 159 cm³/mol. The summed E-state index contributed by atoms with van der Waals surface area (Å²) in [5.41, 5.74) is -1.12. The average Bonchev–Trinajstić information content (AvgIpc) is 3.50. The van der Waals surface area contributed by atoms with Crippen LogP contribution in [-0.2, 0) is 19.1 Å². The summed E-state index contributed by atoms with van der Waals surface area (Å²) in [5.74, 6) is 0.785. The molecule has 2 N–H and O–H groups in total. The third-order valence-corrected chi connectivity index (χ3v) is 8.07. The number of hydrogen-bond donors (Lipinski definition) is 2. The molecule has 2 amide bonds. The molecule has 42 heavy (non-hydrogen) atoms. The third-order valence-electron chi connectivity index (χ3n) is 8.07. The van der Waals surface area contributed by atoms with E-state index in [1.165, 1.54) is 0 Å². The van der Waals surface area contributed by atoms with Gasteiger partial charge in [0.25, 0.3) is 0 Å². The number of ether oxygens (including phenoxy) is 2. The van der Waals surface area contributed by atoms with E-state index in [1.807, 2.05) is 4.90 Å². The number of amides is 2.